The van der Waals surface area contributed by atoms with Crippen molar-refractivity contribution < 1.29 is 27.5 Å². The van der Waals surface area contributed by atoms with Crippen molar-refractivity contribution in [1.82, 2.24) is 9.80 Å². The molecular formula is C14H22F4N2O2. The summed E-state index contributed by atoms with van der Waals surface area (Å²) in [5, 5.41) is 10.2. The molecule has 0 unspecified atom stereocenters. The van der Waals surface area contributed by atoms with Gasteiger partial charge in [0.15, 0.2) is 0 Å². The topological polar surface area (TPSA) is 43.8 Å². The standard InChI is InChI=1S/C14H22F4N2O2/c15-12(16)14(17,18)10-19-5-7-20(8-6-19)11(21)9-13(22)3-1-2-4-13/h12,22H,1-10H2. The van der Waals surface area contributed by atoms with Crippen LogP contribution in [0.15, 0.2) is 0 Å². The molecule has 0 spiro atoms. The number of carbonyl (C=O) groups excluding carboxylic acids is 1. The summed E-state index contributed by atoms with van der Waals surface area (Å²) in [5.74, 6) is -4.21. The van der Waals surface area contributed by atoms with E-state index in [1.54, 1.807) is 0 Å². The lowest BCUT2D eigenvalue weighted by atomic mass is 9.97. The lowest BCUT2D eigenvalue weighted by Gasteiger charge is -2.37. The maximum Gasteiger partial charge on any atom is 0.319 e. The van der Waals surface area contributed by atoms with Crippen molar-refractivity contribution >= 4 is 5.91 Å². The van der Waals surface area contributed by atoms with E-state index in [-0.39, 0.29) is 38.5 Å². The molecule has 0 bridgehead atoms. The Balaban J connectivity index is 1.78. The molecule has 0 aromatic rings. The zero-order valence-corrected chi connectivity index (χ0v) is 12.4. The number of piperazine rings is 1. The highest BCUT2D eigenvalue weighted by Gasteiger charge is 2.43. The van der Waals surface area contributed by atoms with Crippen molar-refractivity contribution in [2.24, 2.45) is 0 Å². The summed E-state index contributed by atoms with van der Waals surface area (Å²) in [6.45, 7) is -0.238. The monoisotopic (exact) mass is 326 g/mol. The number of nitrogens with zero attached hydrogens (tertiary/aromatic N) is 2. The largest absolute Gasteiger partial charge is 0.389 e. The fraction of sp³-hybridized carbons (Fsp3) is 0.929. The van der Waals surface area contributed by atoms with Gasteiger partial charge in [0.25, 0.3) is 0 Å². The van der Waals surface area contributed by atoms with Crippen LogP contribution in [0, 0.1) is 0 Å². The molecule has 2 fully saturated rings. The van der Waals surface area contributed by atoms with Crippen molar-refractivity contribution in [3.05, 3.63) is 0 Å². The maximum absolute atomic E-state index is 13.0. The summed E-state index contributed by atoms with van der Waals surface area (Å²) in [5.41, 5.74) is -0.934. The van der Waals surface area contributed by atoms with Gasteiger partial charge in [-0.05, 0) is 12.8 Å². The second-order valence-corrected chi connectivity index (χ2v) is 6.33. The Morgan fingerprint density at radius 3 is 2.18 bits per heavy atom. The van der Waals surface area contributed by atoms with Crippen LogP contribution in [0.1, 0.15) is 32.1 Å². The van der Waals surface area contributed by atoms with Gasteiger partial charge in [0, 0.05) is 26.2 Å². The lowest BCUT2D eigenvalue weighted by molar-refractivity contribution is -0.149. The number of halogens is 4. The van der Waals surface area contributed by atoms with E-state index in [9.17, 15) is 27.5 Å². The molecule has 2 rings (SSSR count). The molecule has 1 N–H and O–H groups in total. The SMILES string of the molecule is O=C(CC1(O)CCCC1)N1CCN(CC(F)(F)C(F)F)CC1. The molecule has 1 saturated carbocycles. The number of alkyl halides is 4. The molecule has 0 aromatic carbocycles. The van der Waals surface area contributed by atoms with Crippen molar-refractivity contribution in [1.29, 1.82) is 0 Å². The van der Waals surface area contributed by atoms with Crippen LogP contribution < -0.4 is 0 Å². The number of carbonyl (C=O) groups is 1. The first-order valence-electron chi connectivity index (χ1n) is 7.60. The smallest absolute Gasteiger partial charge is 0.319 e. The van der Waals surface area contributed by atoms with Crippen molar-refractivity contribution in [3.63, 3.8) is 0 Å². The summed E-state index contributed by atoms with van der Waals surface area (Å²) < 4.78 is 50.4. The summed E-state index contributed by atoms with van der Waals surface area (Å²) >= 11 is 0. The third kappa shape index (κ3) is 4.32. The Kier molecular flexibility index (Phi) is 5.32. The number of amides is 1. The van der Waals surface area contributed by atoms with Gasteiger partial charge in [-0.3, -0.25) is 9.69 Å². The average Bonchev–Trinajstić information content (AvgIpc) is 2.85. The van der Waals surface area contributed by atoms with Gasteiger partial charge in [0.2, 0.25) is 5.91 Å². The molecule has 1 aliphatic heterocycles. The van der Waals surface area contributed by atoms with Crippen LogP contribution in [0.2, 0.25) is 0 Å². The quantitative estimate of drug-likeness (QED) is 0.783. The fourth-order valence-electron chi connectivity index (χ4n) is 3.13. The third-order valence-corrected chi connectivity index (χ3v) is 4.49. The van der Waals surface area contributed by atoms with Crippen molar-refractivity contribution in [2.75, 3.05) is 32.7 Å². The van der Waals surface area contributed by atoms with Gasteiger partial charge < -0.3 is 10.0 Å². The number of hydrogen-bond acceptors (Lipinski definition) is 3. The van der Waals surface area contributed by atoms with E-state index in [1.165, 1.54) is 9.80 Å². The number of hydrogen-bond donors (Lipinski definition) is 1. The van der Waals surface area contributed by atoms with E-state index in [1.807, 2.05) is 0 Å². The highest BCUT2D eigenvalue weighted by molar-refractivity contribution is 5.77. The van der Waals surface area contributed by atoms with Gasteiger partial charge in [-0.25, -0.2) is 8.78 Å². The molecular weight excluding hydrogens is 304 g/mol. The molecule has 4 nitrogen and oxygen atoms in total. The van der Waals surface area contributed by atoms with E-state index in [0.29, 0.717) is 12.8 Å². The molecule has 0 radical (unpaired) electrons. The molecule has 8 heteroatoms. The minimum absolute atomic E-state index is 0.0557. The lowest BCUT2D eigenvalue weighted by Crippen LogP contribution is -2.53. The van der Waals surface area contributed by atoms with Gasteiger partial charge in [0.05, 0.1) is 18.6 Å². The highest BCUT2D eigenvalue weighted by atomic mass is 19.3. The molecule has 1 heterocycles. The molecule has 2 aliphatic rings. The van der Waals surface area contributed by atoms with Crippen LogP contribution in [-0.4, -0.2) is 71.5 Å². The van der Waals surface area contributed by atoms with E-state index in [4.69, 9.17) is 0 Å². The zero-order valence-electron chi connectivity index (χ0n) is 12.4. The Morgan fingerprint density at radius 2 is 1.68 bits per heavy atom. The maximum atomic E-state index is 13.0. The van der Waals surface area contributed by atoms with Crippen LogP contribution in [0.3, 0.4) is 0 Å². The summed E-state index contributed by atoms with van der Waals surface area (Å²) in [7, 11) is 0. The first-order chi connectivity index (χ1) is 10.2. The Hall–Kier alpha value is -0.890. The van der Waals surface area contributed by atoms with Gasteiger partial charge in [-0.2, -0.15) is 8.78 Å². The predicted octanol–water partition coefficient (Wildman–Crippen LogP) is 1.73. The van der Waals surface area contributed by atoms with Crippen LogP contribution in [0.4, 0.5) is 17.6 Å². The Labute approximate surface area is 127 Å². The summed E-state index contributed by atoms with van der Waals surface area (Å²) in [4.78, 5) is 14.9. The molecule has 1 aliphatic carbocycles. The first-order valence-corrected chi connectivity index (χ1v) is 7.60. The van der Waals surface area contributed by atoms with Crippen molar-refractivity contribution in [3.8, 4) is 0 Å². The second kappa shape index (κ2) is 6.70. The van der Waals surface area contributed by atoms with Gasteiger partial charge in [-0.15, -0.1) is 0 Å². The predicted molar refractivity (Wildman–Crippen MR) is 72.0 cm³/mol. The van der Waals surface area contributed by atoms with Gasteiger partial charge in [0.1, 0.15) is 0 Å². The van der Waals surface area contributed by atoms with E-state index in [0.717, 1.165) is 12.8 Å². The molecule has 0 atom stereocenters. The van der Waals surface area contributed by atoms with E-state index in [2.05, 4.69) is 0 Å². The zero-order chi connectivity index (χ0) is 16.4. The number of aliphatic hydroxyl groups is 1. The van der Waals surface area contributed by atoms with Gasteiger partial charge in [-0.1, -0.05) is 12.8 Å². The van der Waals surface area contributed by atoms with Crippen molar-refractivity contribution in [2.45, 2.75) is 50.1 Å². The number of rotatable bonds is 5. The Bertz CT molecular complexity index is 392. The first kappa shape index (κ1) is 17.5. The third-order valence-electron chi connectivity index (χ3n) is 4.49. The molecule has 1 saturated heterocycles. The van der Waals surface area contributed by atoms with Crippen LogP contribution in [-0.2, 0) is 4.79 Å². The second-order valence-electron chi connectivity index (χ2n) is 6.33. The minimum atomic E-state index is -4.02. The molecule has 1 amide bonds. The average molecular weight is 326 g/mol. The van der Waals surface area contributed by atoms with E-state index < -0.39 is 24.5 Å². The van der Waals surface area contributed by atoms with Crippen LogP contribution in [0.5, 0.6) is 0 Å². The molecule has 0 aromatic heterocycles. The Morgan fingerprint density at radius 1 is 1.14 bits per heavy atom. The minimum Gasteiger partial charge on any atom is -0.389 e. The molecule has 128 valence electrons. The fourth-order valence-corrected chi connectivity index (χ4v) is 3.13. The summed E-state index contributed by atoms with van der Waals surface area (Å²) in [6.07, 6.45) is -0.594. The van der Waals surface area contributed by atoms with Crippen LogP contribution >= 0.6 is 0 Å². The summed E-state index contributed by atoms with van der Waals surface area (Å²) in [6, 6.07) is 0. The molecule has 22 heavy (non-hydrogen) atoms. The van der Waals surface area contributed by atoms with Crippen LogP contribution in [0.25, 0.3) is 0 Å². The highest BCUT2D eigenvalue weighted by Crippen LogP contribution is 2.33. The normalized spacial score (nSPS) is 23.3. The van der Waals surface area contributed by atoms with Gasteiger partial charge >= 0.3 is 12.3 Å². The van der Waals surface area contributed by atoms with E-state index >= 15 is 0 Å².